The predicted molar refractivity (Wildman–Crippen MR) is 56.6 cm³/mol. The van der Waals surface area contributed by atoms with Gasteiger partial charge in [-0.25, -0.2) is 9.59 Å². The summed E-state index contributed by atoms with van der Waals surface area (Å²) in [5.41, 5.74) is -0.0318. The quantitative estimate of drug-likeness (QED) is 0.664. The molecule has 0 aliphatic heterocycles. The van der Waals surface area contributed by atoms with Gasteiger partial charge in [0.05, 0.1) is 0 Å². The Hall–Kier alpha value is -1.32. The Balaban J connectivity index is 4.43. The van der Waals surface area contributed by atoms with E-state index in [4.69, 9.17) is 10.2 Å². The standard InChI is InChI=1S/C11H18O4/c1-7(2)4-8(3)5-9(11(14)15)6-10(12)13/h6-8H,4-5H2,1-3H3,(H,12,13)(H,14,15). The maximum atomic E-state index is 10.7. The summed E-state index contributed by atoms with van der Waals surface area (Å²) in [6, 6.07) is 0. The van der Waals surface area contributed by atoms with Crippen LogP contribution in [0.5, 0.6) is 0 Å². The van der Waals surface area contributed by atoms with Crippen molar-refractivity contribution in [3.05, 3.63) is 11.6 Å². The average Bonchev–Trinajstić information content (AvgIpc) is 1.99. The molecule has 0 saturated heterocycles. The van der Waals surface area contributed by atoms with Crippen molar-refractivity contribution in [1.29, 1.82) is 0 Å². The third kappa shape index (κ3) is 6.71. The molecule has 0 amide bonds. The average molecular weight is 214 g/mol. The molecule has 0 heterocycles. The highest BCUT2D eigenvalue weighted by molar-refractivity contribution is 5.94. The zero-order valence-corrected chi connectivity index (χ0v) is 9.36. The Morgan fingerprint density at radius 1 is 1.20 bits per heavy atom. The van der Waals surface area contributed by atoms with Crippen LogP contribution in [0, 0.1) is 11.8 Å². The lowest BCUT2D eigenvalue weighted by Crippen LogP contribution is -2.09. The molecule has 0 radical (unpaired) electrons. The molecule has 1 unspecified atom stereocenters. The molecule has 0 aromatic rings. The molecule has 1 atom stereocenters. The predicted octanol–water partition coefficient (Wildman–Crippen LogP) is 2.15. The molecule has 0 saturated carbocycles. The third-order valence-electron chi connectivity index (χ3n) is 2.01. The van der Waals surface area contributed by atoms with Crippen LogP contribution in [0.15, 0.2) is 11.6 Å². The summed E-state index contributed by atoms with van der Waals surface area (Å²) in [6.45, 7) is 6.04. The smallest absolute Gasteiger partial charge is 0.331 e. The van der Waals surface area contributed by atoms with Gasteiger partial charge in [-0.1, -0.05) is 20.8 Å². The normalized spacial score (nSPS) is 14.0. The highest BCUT2D eigenvalue weighted by Crippen LogP contribution is 2.19. The fourth-order valence-corrected chi connectivity index (χ4v) is 1.62. The summed E-state index contributed by atoms with van der Waals surface area (Å²) in [7, 11) is 0. The molecule has 0 bridgehead atoms. The Morgan fingerprint density at radius 3 is 2.07 bits per heavy atom. The van der Waals surface area contributed by atoms with Crippen LogP contribution < -0.4 is 0 Å². The lowest BCUT2D eigenvalue weighted by atomic mass is 9.92. The highest BCUT2D eigenvalue weighted by atomic mass is 16.4. The SMILES string of the molecule is CC(C)CC(C)CC(=CC(=O)O)C(=O)O. The van der Waals surface area contributed by atoms with Gasteiger partial charge in [-0.3, -0.25) is 0 Å². The van der Waals surface area contributed by atoms with E-state index in [1.807, 2.05) is 6.92 Å². The van der Waals surface area contributed by atoms with Crippen molar-refractivity contribution in [2.45, 2.75) is 33.6 Å². The van der Waals surface area contributed by atoms with Crippen LogP contribution >= 0.6 is 0 Å². The Morgan fingerprint density at radius 2 is 1.73 bits per heavy atom. The van der Waals surface area contributed by atoms with Gasteiger partial charge in [-0.05, 0) is 24.7 Å². The van der Waals surface area contributed by atoms with Crippen LogP contribution in [0.25, 0.3) is 0 Å². The maximum Gasteiger partial charge on any atom is 0.331 e. The second-order valence-electron chi connectivity index (χ2n) is 4.25. The third-order valence-corrected chi connectivity index (χ3v) is 2.01. The lowest BCUT2D eigenvalue weighted by molar-refractivity contribution is -0.135. The first-order chi connectivity index (χ1) is 6.82. The first-order valence-corrected chi connectivity index (χ1v) is 4.99. The first kappa shape index (κ1) is 13.7. The van der Waals surface area contributed by atoms with Gasteiger partial charge in [0.1, 0.15) is 0 Å². The van der Waals surface area contributed by atoms with E-state index in [0.717, 1.165) is 12.5 Å². The summed E-state index contributed by atoms with van der Waals surface area (Å²) in [6.07, 6.45) is 1.98. The van der Waals surface area contributed by atoms with E-state index in [1.54, 1.807) is 0 Å². The van der Waals surface area contributed by atoms with Crippen molar-refractivity contribution in [3.63, 3.8) is 0 Å². The molecule has 0 aromatic heterocycles. The summed E-state index contributed by atoms with van der Waals surface area (Å²) in [5.74, 6) is -1.68. The molecule has 2 N–H and O–H groups in total. The fraction of sp³-hybridized carbons (Fsp3) is 0.636. The van der Waals surface area contributed by atoms with Gasteiger partial charge in [-0.2, -0.15) is 0 Å². The van der Waals surface area contributed by atoms with Crippen molar-refractivity contribution >= 4 is 11.9 Å². The van der Waals surface area contributed by atoms with E-state index in [2.05, 4.69) is 13.8 Å². The first-order valence-electron chi connectivity index (χ1n) is 4.99. The van der Waals surface area contributed by atoms with Gasteiger partial charge in [0.25, 0.3) is 0 Å². The number of carbonyl (C=O) groups is 2. The van der Waals surface area contributed by atoms with Gasteiger partial charge in [0.2, 0.25) is 0 Å². The molecule has 0 aliphatic rings. The number of carboxylic acids is 2. The van der Waals surface area contributed by atoms with E-state index >= 15 is 0 Å². The summed E-state index contributed by atoms with van der Waals surface area (Å²) >= 11 is 0. The van der Waals surface area contributed by atoms with Crippen molar-refractivity contribution in [1.82, 2.24) is 0 Å². The summed E-state index contributed by atoms with van der Waals surface area (Å²) in [5, 5.41) is 17.3. The molecule has 15 heavy (non-hydrogen) atoms. The Kier molecular flexibility index (Phi) is 5.67. The van der Waals surface area contributed by atoms with E-state index in [9.17, 15) is 9.59 Å². The van der Waals surface area contributed by atoms with Crippen molar-refractivity contribution in [3.8, 4) is 0 Å². The monoisotopic (exact) mass is 214 g/mol. The van der Waals surface area contributed by atoms with Gasteiger partial charge in [0, 0.05) is 11.6 Å². The van der Waals surface area contributed by atoms with Gasteiger partial charge < -0.3 is 10.2 Å². The topological polar surface area (TPSA) is 74.6 Å². The molecule has 86 valence electrons. The minimum absolute atomic E-state index is 0.0318. The minimum Gasteiger partial charge on any atom is -0.478 e. The summed E-state index contributed by atoms with van der Waals surface area (Å²) in [4.78, 5) is 21.1. The van der Waals surface area contributed by atoms with Crippen LogP contribution in [0.2, 0.25) is 0 Å². The van der Waals surface area contributed by atoms with Crippen LogP contribution in [-0.4, -0.2) is 22.2 Å². The second kappa shape index (κ2) is 6.22. The van der Waals surface area contributed by atoms with Crippen LogP contribution in [0.3, 0.4) is 0 Å². The Bertz CT molecular complexity index is 266. The van der Waals surface area contributed by atoms with Gasteiger partial charge in [0.15, 0.2) is 0 Å². The highest BCUT2D eigenvalue weighted by Gasteiger charge is 2.14. The van der Waals surface area contributed by atoms with Crippen LogP contribution in [0.4, 0.5) is 0 Å². The van der Waals surface area contributed by atoms with Crippen LogP contribution in [-0.2, 0) is 9.59 Å². The molecular formula is C11H18O4. The van der Waals surface area contributed by atoms with E-state index < -0.39 is 11.9 Å². The zero-order chi connectivity index (χ0) is 12.0. The van der Waals surface area contributed by atoms with Crippen molar-refractivity contribution in [2.75, 3.05) is 0 Å². The largest absolute Gasteiger partial charge is 0.478 e. The maximum absolute atomic E-state index is 10.7. The number of hydrogen-bond donors (Lipinski definition) is 2. The van der Waals surface area contributed by atoms with E-state index in [1.165, 1.54) is 0 Å². The lowest BCUT2D eigenvalue weighted by Gasteiger charge is -2.13. The van der Waals surface area contributed by atoms with Gasteiger partial charge in [-0.15, -0.1) is 0 Å². The second-order valence-corrected chi connectivity index (χ2v) is 4.25. The number of carboxylic acid groups (broad SMARTS) is 2. The number of aliphatic carboxylic acids is 2. The summed E-state index contributed by atoms with van der Waals surface area (Å²) < 4.78 is 0. The zero-order valence-electron chi connectivity index (χ0n) is 9.36. The molecule has 0 fully saturated rings. The van der Waals surface area contributed by atoms with Crippen molar-refractivity contribution in [2.24, 2.45) is 11.8 Å². The molecule has 0 aromatic carbocycles. The Labute approximate surface area is 89.6 Å². The number of hydrogen-bond acceptors (Lipinski definition) is 2. The molecular weight excluding hydrogens is 196 g/mol. The number of rotatable bonds is 6. The molecule has 4 nitrogen and oxygen atoms in total. The van der Waals surface area contributed by atoms with E-state index in [-0.39, 0.29) is 11.5 Å². The minimum atomic E-state index is -1.20. The van der Waals surface area contributed by atoms with Crippen molar-refractivity contribution < 1.29 is 19.8 Å². The molecule has 0 aliphatic carbocycles. The van der Waals surface area contributed by atoms with Gasteiger partial charge >= 0.3 is 11.9 Å². The molecule has 0 spiro atoms. The molecule has 0 rings (SSSR count). The molecule has 4 heteroatoms. The van der Waals surface area contributed by atoms with Crippen LogP contribution in [0.1, 0.15) is 33.6 Å². The fourth-order valence-electron chi connectivity index (χ4n) is 1.62. The van der Waals surface area contributed by atoms with E-state index in [0.29, 0.717) is 12.3 Å².